The number of hydrogen-bond acceptors (Lipinski definition) is 1. The van der Waals surface area contributed by atoms with Crippen LogP contribution < -0.4 is 4.74 Å². The van der Waals surface area contributed by atoms with Gasteiger partial charge in [0.25, 0.3) is 0 Å². The number of methoxy groups -OCH3 is 1. The zero-order valence-corrected chi connectivity index (χ0v) is 13.7. The summed E-state index contributed by atoms with van der Waals surface area (Å²) in [7, 11) is 1.44. The lowest BCUT2D eigenvalue weighted by molar-refractivity contribution is 0.415. The molecule has 0 heterocycles. The van der Waals surface area contributed by atoms with Gasteiger partial charge in [0.05, 0.1) is 17.0 Å². The zero-order chi connectivity index (χ0) is 15.7. The minimum atomic E-state index is -1.52. The first-order chi connectivity index (χ1) is 9.85. The van der Waals surface area contributed by atoms with E-state index in [-0.39, 0.29) is 5.56 Å². The van der Waals surface area contributed by atoms with Crippen LogP contribution in [-0.2, 0) is 0 Å². The Morgan fingerprint density at radius 3 is 2.10 bits per heavy atom. The lowest BCUT2D eigenvalue weighted by atomic mass is 10.0. The van der Waals surface area contributed by atoms with E-state index in [1.807, 2.05) is 0 Å². The molecule has 0 aliphatic heterocycles. The summed E-state index contributed by atoms with van der Waals surface area (Å²) in [5, 5.41) is 0.590. The van der Waals surface area contributed by atoms with Gasteiger partial charge in [-0.25, -0.2) is 13.2 Å². The quantitative estimate of drug-likeness (QED) is 0.461. The highest BCUT2D eigenvalue weighted by molar-refractivity contribution is 9.09. The predicted molar refractivity (Wildman–Crippen MR) is 80.1 cm³/mol. The van der Waals surface area contributed by atoms with Crippen molar-refractivity contribution in [3.63, 3.8) is 0 Å². The summed E-state index contributed by atoms with van der Waals surface area (Å²) in [6.07, 6.45) is 0. The van der Waals surface area contributed by atoms with Gasteiger partial charge in [0.2, 0.25) is 0 Å². The second-order valence-corrected chi connectivity index (χ2v) is 5.90. The topological polar surface area (TPSA) is 9.23 Å². The molecule has 0 aliphatic carbocycles. The average Bonchev–Trinajstić information content (AvgIpc) is 2.45. The highest BCUT2D eigenvalue weighted by atomic mass is 79.9. The van der Waals surface area contributed by atoms with E-state index in [0.717, 1.165) is 12.1 Å². The van der Waals surface area contributed by atoms with Crippen molar-refractivity contribution in [2.24, 2.45) is 0 Å². The molecule has 21 heavy (non-hydrogen) atoms. The van der Waals surface area contributed by atoms with Crippen LogP contribution in [0.5, 0.6) is 5.75 Å². The lowest BCUT2D eigenvalue weighted by Crippen LogP contribution is -2.00. The van der Waals surface area contributed by atoms with Gasteiger partial charge in [-0.1, -0.05) is 39.1 Å². The molecule has 0 spiro atoms. The van der Waals surface area contributed by atoms with Gasteiger partial charge >= 0.3 is 0 Å². The van der Waals surface area contributed by atoms with E-state index in [4.69, 9.17) is 27.9 Å². The van der Waals surface area contributed by atoms with E-state index in [1.54, 1.807) is 0 Å². The Bertz CT molecular complexity index is 671. The summed E-state index contributed by atoms with van der Waals surface area (Å²) in [6, 6.07) is 4.80. The smallest absolute Gasteiger partial charge is 0.194 e. The summed E-state index contributed by atoms with van der Waals surface area (Å²) in [5.41, 5.74) is 0.655. The number of hydrogen-bond donors (Lipinski definition) is 0. The van der Waals surface area contributed by atoms with Gasteiger partial charge in [-0.15, -0.1) is 0 Å². The van der Waals surface area contributed by atoms with Crippen molar-refractivity contribution in [3.8, 4) is 5.75 Å². The summed E-state index contributed by atoms with van der Waals surface area (Å²) in [5.74, 6) is -3.69. The molecule has 0 N–H and O–H groups in total. The number of rotatable bonds is 3. The summed E-state index contributed by atoms with van der Waals surface area (Å²) in [6.45, 7) is 0. The SMILES string of the molecule is COc1cc(Cl)c(C(Br)c2cc(F)c(F)c(F)c2)cc1Cl. The fraction of sp³-hybridized carbons (Fsp3) is 0.143. The molecule has 112 valence electrons. The molecule has 0 radical (unpaired) electrons. The Morgan fingerprint density at radius 2 is 1.57 bits per heavy atom. The Kier molecular flexibility index (Phi) is 5.07. The molecular formula is C14H8BrCl2F3O. The normalized spacial score (nSPS) is 12.3. The maximum atomic E-state index is 13.3. The van der Waals surface area contributed by atoms with E-state index < -0.39 is 22.3 Å². The standard InChI is InChI=1S/C14H8BrCl2F3O/c1-21-12-5-8(16)7(4-9(12)17)13(15)6-2-10(18)14(20)11(19)3-6/h2-5,13H,1H3. The molecule has 0 saturated carbocycles. The van der Waals surface area contributed by atoms with Gasteiger partial charge in [0, 0.05) is 11.1 Å². The number of benzene rings is 2. The van der Waals surface area contributed by atoms with Gasteiger partial charge < -0.3 is 4.74 Å². The van der Waals surface area contributed by atoms with Crippen molar-refractivity contribution >= 4 is 39.1 Å². The van der Waals surface area contributed by atoms with E-state index in [9.17, 15) is 13.2 Å². The van der Waals surface area contributed by atoms with Gasteiger partial charge in [0.1, 0.15) is 5.75 Å². The summed E-state index contributed by atoms with van der Waals surface area (Å²) in [4.78, 5) is -0.655. The summed E-state index contributed by atoms with van der Waals surface area (Å²) < 4.78 is 44.6. The van der Waals surface area contributed by atoms with Gasteiger partial charge in [-0.3, -0.25) is 0 Å². The van der Waals surface area contributed by atoms with Crippen LogP contribution in [0.15, 0.2) is 24.3 Å². The highest BCUT2D eigenvalue weighted by Gasteiger charge is 2.20. The largest absolute Gasteiger partial charge is 0.495 e. The molecule has 0 aromatic heterocycles. The molecular weight excluding hydrogens is 392 g/mol. The molecule has 1 unspecified atom stereocenters. The fourth-order valence-electron chi connectivity index (χ4n) is 1.80. The van der Waals surface area contributed by atoms with Gasteiger partial charge in [-0.05, 0) is 29.3 Å². The molecule has 2 rings (SSSR count). The van der Waals surface area contributed by atoms with Crippen LogP contribution in [-0.4, -0.2) is 7.11 Å². The maximum Gasteiger partial charge on any atom is 0.194 e. The van der Waals surface area contributed by atoms with Crippen molar-refractivity contribution < 1.29 is 17.9 Å². The van der Waals surface area contributed by atoms with Crippen molar-refractivity contribution in [2.75, 3.05) is 7.11 Å². The molecule has 2 aromatic carbocycles. The third kappa shape index (κ3) is 3.30. The van der Waals surface area contributed by atoms with Crippen molar-refractivity contribution in [2.45, 2.75) is 4.83 Å². The number of halogens is 6. The number of alkyl halides is 1. The van der Waals surface area contributed by atoms with Crippen LogP contribution in [0.4, 0.5) is 13.2 Å². The molecule has 0 saturated heterocycles. The Morgan fingerprint density at radius 1 is 1.00 bits per heavy atom. The van der Waals surface area contributed by atoms with E-state index in [0.29, 0.717) is 21.4 Å². The van der Waals surface area contributed by atoms with Crippen LogP contribution >= 0.6 is 39.1 Å². The zero-order valence-electron chi connectivity index (χ0n) is 10.6. The van der Waals surface area contributed by atoms with E-state index in [1.165, 1.54) is 19.2 Å². The van der Waals surface area contributed by atoms with Gasteiger partial charge in [0.15, 0.2) is 17.5 Å². The molecule has 0 bridgehead atoms. The monoisotopic (exact) mass is 398 g/mol. The second-order valence-electron chi connectivity index (χ2n) is 4.17. The third-order valence-corrected chi connectivity index (χ3v) is 4.49. The minimum Gasteiger partial charge on any atom is -0.495 e. The van der Waals surface area contributed by atoms with Crippen molar-refractivity contribution in [3.05, 3.63) is 62.9 Å². The van der Waals surface area contributed by atoms with Crippen molar-refractivity contribution in [1.82, 2.24) is 0 Å². The molecule has 0 fully saturated rings. The van der Waals surface area contributed by atoms with Crippen molar-refractivity contribution in [1.29, 1.82) is 0 Å². The summed E-state index contributed by atoms with van der Waals surface area (Å²) >= 11 is 15.4. The van der Waals surface area contributed by atoms with E-state index in [2.05, 4.69) is 15.9 Å². The predicted octanol–water partition coefficient (Wildman–Crippen LogP) is 5.90. The Hall–Kier alpha value is -0.910. The third-order valence-electron chi connectivity index (χ3n) is 2.84. The molecule has 7 heteroatoms. The molecule has 0 aliphatic rings. The fourth-order valence-corrected chi connectivity index (χ4v) is 3.08. The first-order valence-electron chi connectivity index (χ1n) is 5.66. The minimum absolute atomic E-state index is 0.175. The molecule has 2 aromatic rings. The Balaban J connectivity index is 2.50. The van der Waals surface area contributed by atoms with Gasteiger partial charge in [-0.2, -0.15) is 0 Å². The first kappa shape index (κ1) is 16.5. The van der Waals surface area contributed by atoms with Crippen LogP contribution in [0.25, 0.3) is 0 Å². The second kappa shape index (κ2) is 6.46. The van der Waals surface area contributed by atoms with Crippen LogP contribution in [0, 0.1) is 17.5 Å². The first-order valence-corrected chi connectivity index (χ1v) is 7.33. The highest BCUT2D eigenvalue weighted by Crippen LogP contribution is 2.40. The van der Waals surface area contributed by atoms with Crippen LogP contribution in [0.2, 0.25) is 10.0 Å². The molecule has 0 amide bonds. The molecule has 1 nitrogen and oxygen atoms in total. The molecule has 1 atom stereocenters. The van der Waals surface area contributed by atoms with E-state index >= 15 is 0 Å². The lowest BCUT2D eigenvalue weighted by Gasteiger charge is -2.15. The maximum absolute atomic E-state index is 13.3. The average molecular weight is 400 g/mol. The Labute approximate surface area is 137 Å². The van der Waals surface area contributed by atoms with Crippen LogP contribution in [0.3, 0.4) is 0 Å². The number of ether oxygens (including phenoxy) is 1. The van der Waals surface area contributed by atoms with Crippen LogP contribution in [0.1, 0.15) is 16.0 Å².